The van der Waals surface area contributed by atoms with Crippen molar-refractivity contribution in [1.29, 1.82) is 0 Å². The van der Waals surface area contributed by atoms with E-state index < -0.39 is 0 Å². The minimum atomic E-state index is -0.159. The summed E-state index contributed by atoms with van der Waals surface area (Å²) in [4.78, 5) is 21.2. The van der Waals surface area contributed by atoms with Crippen molar-refractivity contribution in [2.75, 3.05) is 11.1 Å². The van der Waals surface area contributed by atoms with E-state index in [0.717, 1.165) is 17.7 Å². The van der Waals surface area contributed by atoms with Gasteiger partial charge in [0.1, 0.15) is 5.52 Å². The first-order valence-electron chi connectivity index (χ1n) is 9.50. The highest BCUT2D eigenvalue weighted by atomic mass is 35.5. The zero-order valence-corrected chi connectivity index (χ0v) is 18.9. The van der Waals surface area contributed by atoms with Crippen LogP contribution in [0.2, 0.25) is 5.02 Å². The highest BCUT2D eigenvalue weighted by Gasteiger charge is 2.12. The number of oxazole rings is 1. The van der Waals surface area contributed by atoms with Crippen molar-refractivity contribution in [3.8, 4) is 11.3 Å². The van der Waals surface area contributed by atoms with Crippen molar-refractivity contribution in [1.82, 2.24) is 9.97 Å². The number of rotatable bonds is 7. The van der Waals surface area contributed by atoms with E-state index >= 15 is 0 Å². The second-order valence-corrected chi connectivity index (χ2v) is 9.48. The summed E-state index contributed by atoms with van der Waals surface area (Å²) in [6.45, 7) is 4.42. The first-order valence-corrected chi connectivity index (χ1v) is 11.7. The highest BCUT2D eigenvalue weighted by molar-refractivity contribution is 7.99. The monoisotopic (exact) mass is 457 g/mol. The van der Waals surface area contributed by atoms with Gasteiger partial charge in [-0.15, -0.1) is 11.3 Å². The molecule has 8 heteroatoms. The largest absolute Gasteiger partial charge is 0.431 e. The van der Waals surface area contributed by atoms with Crippen LogP contribution in [0.3, 0.4) is 0 Å². The summed E-state index contributed by atoms with van der Waals surface area (Å²) < 4.78 is 5.62. The molecule has 0 unspecified atom stereocenters. The number of anilines is 1. The number of fused-ring (bicyclic) bond motifs is 1. The van der Waals surface area contributed by atoms with Crippen LogP contribution in [0.1, 0.15) is 19.4 Å². The molecule has 2 aromatic heterocycles. The molecule has 2 aromatic carbocycles. The number of benzene rings is 2. The Morgan fingerprint density at radius 1 is 1.20 bits per heavy atom. The molecular weight excluding hydrogens is 438 g/mol. The fourth-order valence-corrected chi connectivity index (χ4v) is 4.50. The van der Waals surface area contributed by atoms with Crippen LogP contribution in [0, 0.1) is 5.92 Å². The molecule has 2 heterocycles. The number of thiazole rings is 1. The number of thioether (sulfide) groups is 1. The average molecular weight is 458 g/mol. The van der Waals surface area contributed by atoms with E-state index in [4.69, 9.17) is 16.0 Å². The number of amides is 1. The zero-order valence-electron chi connectivity index (χ0n) is 16.5. The maximum absolute atomic E-state index is 12.3. The molecule has 30 heavy (non-hydrogen) atoms. The van der Waals surface area contributed by atoms with E-state index in [-0.39, 0.29) is 11.7 Å². The second kappa shape index (κ2) is 9.20. The van der Waals surface area contributed by atoms with Crippen LogP contribution in [0.15, 0.2) is 57.5 Å². The second-order valence-electron chi connectivity index (χ2n) is 7.26. The molecule has 5 nitrogen and oxygen atoms in total. The number of nitrogens with zero attached hydrogens (tertiary/aromatic N) is 2. The summed E-state index contributed by atoms with van der Waals surface area (Å²) in [5.41, 5.74) is 4.53. The first kappa shape index (κ1) is 20.9. The Bertz CT molecular complexity index is 1170. The molecule has 0 bridgehead atoms. The summed E-state index contributed by atoms with van der Waals surface area (Å²) in [6, 6.07) is 13.7. The molecule has 0 aliphatic heterocycles. The minimum absolute atomic E-state index is 0.159. The van der Waals surface area contributed by atoms with E-state index in [9.17, 15) is 4.79 Å². The maximum Gasteiger partial charge on any atom is 0.257 e. The predicted molar refractivity (Wildman–Crippen MR) is 124 cm³/mol. The molecule has 0 fully saturated rings. The van der Waals surface area contributed by atoms with Gasteiger partial charge in [-0.2, -0.15) is 0 Å². The van der Waals surface area contributed by atoms with E-state index in [2.05, 4.69) is 53.4 Å². The lowest BCUT2D eigenvalue weighted by Gasteiger charge is -2.05. The molecule has 0 saturated heterocycles. The molecule has 0 spiro atoms. The Labute approximate surface area is 187 Å². The molecule has 1 N–H and O–H groups in total. The van der Waals surface area contributed by atoms with Gasteiger partial charge in [0.2, 0.25) is 5.91 Å². The number of carbonyl (C=O) groups excluding carboxylic acids is 1. The van der Waals surface area contributed by atoms with Gasteiger partial charge < -0.3 is 9.73 Å². The van der Waals surface area contributed by atoms with Gasteiger partial charge in [-0.25, -0.2) is 9.97 Å². The molecule has 0 aliphatic rings. The molecule has 4 aromatic rings. The van der Waals surface area contributed by atoms with Gasteiger partial charge in [-0.3, -0.25) is 4.79 Å². The normalized spacial score (nSPS) is 11.3. The quantitative estimate of drug-likeness (QED) is 0.319. The number of aromatic nitrogens is 2. The molecule has 0 aliphatic carbocycles. The van der Waals surface area contributed by atoms with Gasteiger partial charge in [0.15, 0.2) is 10.7 Å². The molecular formula is C22H20ClN3O2S2. The van der Waals surface area contributed by atoms with E-state index in [1.54, 1.807) is 18.2 Å². The summed E-state index contributed by atoms with van der Waals surface area (Å²) in [5, 5.41) is 6.38. The van der Waals surface area contributed by atoms with Crippen molar-refractivity contribution in [2.24, 2.45) is 5.92 Å². The van der Waals surface area contributed by atoms with Gasteiger partial charge in [-0.05, 0) is 30.0 Å². The van der Waals surface area contributed by atoms with Gasteiger partial charge in [0.05, 0.1) is 11.4 Å². The van der Waals surface area contributed by atoms with Crippen LogP contribution in [0.4, 0.5) is 5.13 Å². The molecule has 0 saturated carbocycles. The third-order valence-corrected chi connectivity index (χ3v) is 6.12. The Balaban J connectivity index is 1.34. The number of hydrogen-bond donors (Lipinski definition) is 1. The zero-order chi connectivity index (χ0) is 21.1. The first-order chi connectivity index (χ1) is 14.5. The van der Waals surface area contributed by atoms with Crippen molar-refractivity contribution >= 4 is 56.8 Å². The molecule has 1 amide bonds. The van der Waals surface area contributed by atoms with Crippen LogP contribution in [0.5, 0.6) is 0 Å². The lowest BCUT2D eigenvalue weighted by atomic mass is 10.0. The van der Waals surface area contributed by atoms with Crippen molar-refractivity contribution in [2.45, 2.75) is 25.5 Å². The number of carbonyl (C=O) groups is 1. The van der Waals surface area contributed by atoms with Crippen molar-refractivity contribution in [3.05, 3.63) is 58.4 Å². The summed E-state index contributed by atoms with van der Waals surface area (Å²) >= 11 is 8.60. The third kappa shape index (κ3) is 5.22. The number of halogens is 1. The van der Waals surface area contributed by atoms with Crippen LogP contribution in [-0.2, 0) is 11.2 Å². The van der Waals surface area contributed by atoms with Gasteiger partial charge in [-0.1, -0.05) is 61.5 Å². The van der Waals surface area contributed by atoms with Crippen LogP contribution < -0.4 is 5.32 Å². The maximum atomic E-state index is 12.3. The minimum Gasteiger partial charge on any atom is -0.431 e. The Kier molecular flexibility index (Phi) is 6.41. The van der Waals surface area contributed by atoms with Crippen molar-refractivity contribution < 1.29 is 9.21 Å². The lowest BCUT2D eigenvalue weighted by molar-refractivity contribution is -0.113. The van der Waals surface area contributed by atoms with Gasteiger partial charge >= 0.3 is 0 Å². The average Bonchev–Trinajstić information content (AvgIpc) is 3.33. The van der Waals surface area contributed by atoms with Gasteiger partial charge in [0, 0.05) is 22.0 Å². The predicted octanol–water partition coefficient (Wildman–Crippen LogP) is 6.53. The molecule has 0 radical (unpaired) electrons. The Hall–Kier alpha value is -2.35. The highest BCUT2D eigenvalue weighted by Crippen LogP contribution is 2.27. The fourth-order valence-electron chi connectivity index (χ4n) is 2.97. The van der Waals surface area contributed by atoms with Gasteiger partial charge in [0.25, 0.3) is 5.22 Å². The number of nitrogens with one attached hydrogen (secondary N) is 1. The standard InChI is InChI=1S/C22H20ClN3O2S2/c1-13(2)9-14-3-5-15(6-4-14)18-11-29-21(24-18)26-20(27)12-30-22-25-17-8-7-16(23)10-19(17)28-22/h3-8,10-11,13H,9,12H2,1-2H3,(H,24,26,27). The smallest absolute Gasteiger partial charge is 0.257 e. The van der Waals surface area contributed by atoms with Crippen LogP contribution >= 0.6 is 34.7 Å². The van der Waals surface area contributed by atoms with Crippen LogP contribution in [0.25, 0.3) is 22.4 Å². The van der Waals surface area contributed by atoms with E-state index in [1.807, 2.05) is 5.38 Å². The number of hydrogen-bond acceptors (Lipinski definition) is 6. The lowest BCUT2D eigenvalue weighted by Crippen LogP contribution is -2.13. The topological polar surface area (TPSA) is 68.0 Å². The molecule has 154 valence electrons. The van der Waals surface area contributed by atoms with Crippen molar-refractivity contribution in [3.63, 3.8) is 0 Å². The Morgan fingerprint density at radius 2 is 2.00 bits per heavy atom. The van der Waals surface area contributed by atoms with Crippen LogP contribution in [-0.4, -0.2) is 21.6 Å². The Morgan fingerprint density at radius 3 is 2.77 bits per heavy atom. The molecule has 4 rings (SSSR count). The summed E-state index contributed by atoms with van der Waals surface area (Å²) in [7, 11) is 0. The SMILES string of the molecule is CC(C)Cc1ccc(-c2csc(NC(=O)CSc3nc4ccc(Cl)cc4o3)n2)cc1. The molecule has 0 atom stereocenters. The summed E-state index contributed by atoms with van der Waals surface area (Å²) in [5.74, 6) is 0.648. The fraction of sp³-hybridized carbons (Fsp3) is 0.227. The van der Waals surface area contributed by atoms with E-state index in [0.29, 0.717) is 32.4 Å². The van der Waals surface area contributed by atoms with E-state index in [1.165, 1.54) is 28.7 Å². The summed E-state index contributed by atoms with van der Waals surface area (Å²) in [6.07, 6.45) is 1.06. The third-order valence-electron chi connectivity index (χ3n) is 4.30.